The molecule has 9 heteroatoms. The quantitative estimate of drug-likeness (QED) is 0.584. The molecule has 2 N–H and O–H groups in total. The van der Waals surface area contributed by atoms with Gasteiger partial charge in [0.05, 0.1) is 11.4 Å². The average molecular weight is 411 g/mol. The summed E-state index contributed by atoms with van der Waals surface area (Å²) >= 11 is 0. The highest BCUT2D eigenvalue weighted by Crippen LogP contribution is 2.22. The van der Waals surface area contributed by atoms with Gasteiger partial charge in [0, 0.05) is 36.3 Å². The lowest BCUT2D eigenvalue weighted by Gasteiger charge is -2.08. The number of amides is 1. The normalized spacial score (nSPS) is 10.1. The number of nitrogens with zero attached hydrogens (tertiary/aromatic N) is 4. The predicted octanol–water partition coefficient (Wildman–Crippen LogP) is 2.70. The Morgan fingerprint density at radius 1 is 1.15 bits per heavy atom. The average Bonchev–Trinajstić information content (AvgIpc) is 3.02. The van der Waals surface area contributed by atoms with Crippen molar-refractivity contribution in [3.05, 3.63) is 48.0 Å². The molecule has 27 heavy (non-hydrogen) atoms. The number of aromatic nitrogens is 4. The number of benzene rings is 1. The van der Waals surface area contributed by atoms with Gasteiger partial charge in [-0.2, -0.15) is 0 Å². The van der Waals surface area contributed by atoms with Gasteiger partial charge in [0.15, 0.2) is 5.69 Å². The first-order chi connectivity index (χ1) is 12.2. The van der Waals surface area contributed by atoms with Crippen molar-refractivity contribution < 1.29 is 4.79 Å². The van der Waals surface area contributed by atoms with Crippen LogP contribution in [-0.2, 0) is 0 Å². The van der Waals surface area contributed by atoms with Gasteiger partial charge in [-0.15, -0.1) is 29.9 Å². The number of carbonyl (C=O) groups is 1. The van der Waals surface area contributed by atoms with Crippen molar-refractivity contribution in [3.8, 4) is 5.69 Å². The van der Waals surface area contributed by atoms with E-state index in [4.69, 9.17) is 0 Å². The molecule has 7 nitrogen and oxygen atoms in total. The van der Waals surface area contributed by atoms with Gasteiger partial charge in [0.25, 0.3) is 5.91 Å². The minimum Gasteiger partial charge on any atom is -0.349 e. The topological polar surface area (TPSA) is 84.7 Å². The van der Waals surface area contributed by atoms with Gasteiger partial charge >= 0.3 is 0 Å². The van der Waals surface area contributed by atoms with E-state index in [1.165, 1.54) is 0 Å². The van der Waals surface area contributed by atoms with Crippen molar-refractivity contribution in [2.24, 2.45) is 0 Å². The van der Waals surface area contributed by atoms with E-state index in [9.17, 15) is 4.79 Å². The lowest BCUT2D eigenvalue weighted by molar-refractivity contribution is 0.0948. The van der Waals surface area contributed by atoms with Gasteiger partial charge in [-0.1, -0.05) is 24.3 Å². The fourth-order valence-electron chi connectivity index (χ4n) is 2.71. The van der Waals surface area contributed by atoms with E-state index in [0.717, 1.165) is 36.0 Å². The molecule has 0 atom stereocenters. The maximum Gasteiger partial charge on any atom is 0.273 e. The van der Waals surface area contributed by atoms with E-state index in [1.807, 2.05) is 37.4 Å². The highest BCUT2D eigenvalue weighted by atomic mass is 35.5. The molecule has 146 valence electrons. The first-order valence-corrected chi connectivity index (χ1v) is 8.46. The third kappa shape index (κ3) is 5.15. The van der Waals surface area contributed by atoms with Crippen molar-refractivity contribution in [3.63, 3.8) is 0 Å². The molecular weight excluding hydrogens is 387 g/mol. The Labute approximate surface area is 170 Å². The van der Waals surface area contributed by atoms with E-state index in [1.54, 1.807) is 10.9 Å². The van der Waals surface area contributed by atoms with Crippen LogP contribution >= 0.6 is 24.8 Å². The maximum absolute atomic E-state index is 12.3. The van der Waals surface area contributed by atoms with Gasteiger partial charge < -0.3 is 10.6 Å². The highest BCUT2D eigenvalue weighted by Gasteiger charge is 2.17. The number of carbonyl (C=O) groups excluding carboxylic acids is 1. The zero-order valence-corrected chi connectivity index (χ0v) is 16.9. The number of nitrogens with one attached hydrogen (secondary N) is 2. The first kappa shape index (κ1) is 22.8. The van der Waals surface area contributed by atoms with Crippen LogP contribution in [0, 0.1) is 6.92 Å². The second-order valence-corrected chi connectivity index (χ2v) is 5.82. The zero-order chi connectivity index (χ0) is 17.6. The van der Waals surface area contributed by atoms with E-state index >= 15 is 0 Å². The van der Waals surface area contributed by atoms with Crippen molar-refractivity contribution >= 4 is 41.5 Å². The maximum atomic E-state index is 12.3. The van der Waals surface area contributed by atoms with Crippen LogP contribution in [0.4, 0.5) is 0 Å². The van der Waals surface area contributed by atoms with Crippen LogP contribution in [0.5, 0.6) is 0 Å². The van der Waals surface area contributed by atoms with Gasteiger partial charge in [-0.25, -0.2) is 4.68 Å². The Balaban J connectivity index is 0.00000182. The third-order valence-corrected chi connectivity index (χ3v) is 4.01. The van der Waals surface area contributed by atoms with Gasteiger partial charge in [0.1, 0.15) is 0 Å². The summed E-state index contributed by atoms with van der Waals surface area (Å²) in [5.41, 5.74) is 1.94. The molecule has 0 bridgehead atoms. The summed E-state index contributed by atoms with van der Waals surface area (Å²) < 4.78 is 1.70. The monoisotopic (exact) mass is 410 g/mol. The fraction of sp³-hybridized carbons (Fsp3) is 0.333. The van der Waals surface area contributed by atoms with Crippen LogP contribution in [0.15, 0.2) is 36.7 Å². The van der Waals surface area contributed by atoms with E-state index in [-0.39, 0.29) is 30.7 Å². The molecule has 2 aromatic heterocycles. The van der Waals surface area contributed by atoms with Gasteiger partial charge in [-0.3, -0.25) is 9.78 Å². The molecule has 1 amide bonds. The number of fused-ring (bicyclic) bond motifs is 1. The lowest BCUT2D eigenvalue weighted by atomic mass is 10.1. The number of rotatable bonds is 7. The standard InChI is InChI=1S/C18H22N6O.2ClH/c1-3-8-19-10-11-21-18(25)17-13(2)24(23-22-17)16-6-4-5-14-12-20-9-7-15(14)16;;/h4-7,9,12,19H,3,8,10-11H2,1-2H3,(H,21,25);2*1H. The van der Waals surface area contributed by atoms with Crippen molar-refractivity contribution in [1.82, 2.24) is 30.6 Å². The minimum atomic E-state index is -0.205. The van der Waals surface area contributed by atoms with Crippen LogP contribution in [0.25, 0.3) is 16.5 Å². The molecule has 0 saturated heterocycles. The van der Waals surface area contributed by atoms with E-state index in [0.29, 0.717) is 17.9 Å². The van der Waals surface area contributed by atoms with Gasteiger partial charge in [-0.05, 0) is 32.0 Å². The van der Waals surface area contributed by atoms with Gasteiger partial charge in [0.2, 0.25) is 0 Å². The molecule has 0 aliphatic heterocycles. The van der Waals surface area contributed by atoms with Crippen LogP contribution in [0.3, 0.4) is 0 Å². The largest absolute Gasteiger partial charge is 0.349 e. The summed E-state index contributed by atoms with van der Waals surface area (Å²) in [5.74, 6) is -0.205. The molecule has 0 fully saturated rings. The molecule has 1 aromatic carbocycles. The number of hydrogen-bond acceptors (Lipinski definition) is 5. The second-order valence-electron chi connectivity index (χ2n) is 5.82. The Morgan fingerprint density at radius 3 is 2.74 bits per heavy atom. The highest BCUT2D eigenvalue weighted by molar-refractivity contribution is 5.94. The van der Waals surface area contributed by atoms with Crippen LogP contribution in [-0.4, -0.2) is 45.5 Å². The molecule has 0 aliphatic rings. The third-order valence-electron chi connectivity index (χ3n) is 4.01. The summed E-state index contributed by atoms with van der Waals surface area (Å²) in [7, 11) is 0. The molecule has 0 aliphatic carbocycles. The fourth-order valence-corrected chi connectivity index (χ4v) is 2.71. The second kappa shape index (κ2) is 10.8. The summed E-state index contributed by atoms with van der Waals surface area (Å²) in [6, 6.07) is 7.83. The molecule has 3 aromatic rings. The molecule has 0 saturated carbocycles. The van der Waals surface area contributed by atoms with Crippen molar-refractivity contribution in [2.75, 3.05) is 19.6 Å². The van der Waals surface area contributed by atoms with Crippen LogP contribution in [0.1, 0.15) is 29.5 Å². The number of pyridine rings is 1. The molecular formula is C18H24Cl2N6O. The summed E-state index contributed by atoms with van der Waals surface area (Å²) in [6.45, 7) is 6.20. The lowest BCUT2D eigenvalue weighted by Crippen LogP contribution is -2.32. The summed E-state index contributed by atoms with van der Waals surface area (Å²) in [4.78, 5) is 16.5. The van der Waals surface area contributed by atoms with E-state index in [2.05, 4.69) is 32.9 Å². The molecule has 0 spiro atoms. The SMILES string of the molecule is CCCNCCNC(=O)c1nnn(-c2cccc3cnccc23)c1C.Cl.Cl. The summed E-state index contributed by atoms with van der Waals surface area (Å²) in [6.07, 6.45) is 4.62. The van der Waals surface area contributed by atoms with Crippen molar-refractivity contribution in [1.29, 1.82) is 0 Å². The van der Waals surface area contributed by atoms with Crippen molar-refractivity contribution in [2.45, 2.75) is 20.3 Å². The van der Waals surface area contributed by atoms with Crippen LogP contribution in [0.2, 0.25) is 0 Å². The summed E-state index contributed by atoms with van der Waals surface area (Å²) in [5, 5.41) is 16.4. The first-order valence-electron chi connectivity index (χ1n) is 8.46. The Hall–Kier alpha value is -2.22. The molecule has 0 radical (unpaired) electrons. The van der Waals surface area contributed by atoms with E-state index < -0.39 is 0 Å². The molecule has 0 unspecified atom stereocenters. The Morgan fingerprint density at radius 2 is 1.96 bits per heavy atom. The van der Waals surface area contributed by atoms with Crippen LogP contribution < -0.4 is 10.6 Å². The predicted molar refractivity (Wildman–Crippen MR) is 111 cm³/mol. The Bertz CT molecular complexity index is 878. The molecule has 2 heterocycles. The zero-order valence-electron chi connectivity index (χ0n) is 15.3. The smallest absolute Gasteiger partial charge is 0.273 e. The Kier molecular flexibility index (Phi) is 9.14. The molecule has 3 rings (SSSR count). The minimum absolute atomic E-state index is 0. The number of hydrogen-bond donors (Lipinski definition) is 2. The number of halogens is 2.